The number of hydrogen-bond donors (Lipinski definition) is 2. The van der Waals surface area contributed by atoms with Crippen LogP contribution >= 0.6 is 0 Å². The van der Waals surface area contributed by atoms with E-state index in [1.165, 1.54) is 24.3 Å². The Morgan fingerprint density at radius 2 is 2.12 bits per heavy atom. The number of benzene rings is 1. The molecule has 0 fully saturated rings. The summed E-state index contributed by atoms with van der Waals surface area (Å²) in [5.74, 6) is -0.315. The third-order valence-corrected chi connectivity index (χ3v) is 2.46. The van der Waals surface area contributed by atoms with Crippen LogP contribution in [0.3, 0.4) is 0 Å². The standard InChI is InChI=1S/C12H13N3O2/c1-13-11(16)10-7-8-14-15(12(10)17)9-5-3-2-4-6-9/h2-8,12,17H,1H3,(H,13,16). The molecule has 0 aliphatic carbocycles. The number of hydrogen-bond acceptors (Lipinski definition) is 4. The number of carbonyl (C=O) groups excluding carboxylic acids is 1. The number of likely N-dealkylation sites (N-methyl/N-ethyl adjacent to an activating group) is 1. The summed E-state index contributed by atoms with van der Waals surface area (Å²) < 4.78 is 0. The number of para-hydroxylation sites is 1. The SMILES string of the molecule is CNC(=O)C1=CC=NN(c2ccccc2)C1O. The Labute approximate surface area is 99.1 Å². The molecule has 1 atom stereocenters. The lowest BCUT2D eigenvalue weighted by atomic mass is 10.1. The third-order valence-electron chi connectivity index (χ3n) is 2.46. The lowest BCUT2D eigenvalue weighted by molar-refractivity contribution is -0.118. The highest BCUT2D eigenvalue weighted by molar-refractivity contribution is 5.99. The molecule has 0 bridgehead atoms. The molecule has 0 aromatic heterocycles. The number of allylic oxidation sites excluding steroid dienone is 1. The van der Waals surface area contributed by atoms with E-state index in [0.29, 0.717) is 0 Å². The predicted molar refractivity (Wildman–Crippen MR) is 65.6 cm³/mol. The van der Waals surface area contributed by atoms with Crippen molar-refractivity contribution in [1.29, 1.82) is 0 Å². The first-order valence-corrected chi connectivity index (χ1v) is 5.22. The number of hydrazone groups is 1. The van der Waals surface area contributed by atoms with Crippen molar-refractivity contribution in [3.8, 4) is 0 Å². The van der Waals surface area contributed by atoms with Gasteiger partial charge in [-0.3, -0.25) is 4.79 Å². The second kappa shape index (κ2) is 4.80. The van der Waals surface area contributed by atoms with E-state index in [1.807, 2.05) is 30.3 Å². The van der Waals surface area contributed by atoms with Gasteiger partial charge in [-0.1, -0.05) is 18.2 Å². The molecule has 0 saturated heterocycles. The maximum Gasteiger partial charge on any atom is 0.251 e. The van der Waals surface area contributed by atoms with Crippen LogP contribution in [0.1, 0.15) is 0 Å². The Bertz CT molecular complexity index is 468. The van der Waals surface area contributed by atoms with Crippen LogP contribution in [0.4, 0.5) is 5.69 Å². The molecule has 0 saturated carbocycles. The highest BCUT2D eigenvalue weighted by atomic mass is 16.3. The first-order valence-electron chi connectivity index (χ1n) is 5.22. The highest BCUT2D eigenvalue weighted by Gasteiger charge is 2.26. The molecule has 1 unspecified atom stereocenters. The molecular formula is C12H13N3O2. The van der Waals surface area contributed by atoms with Gasteiger partial charge in [-0.2, -0.15) is 5.10 Å². The molecule has 0 radical (unpaired) electrons. The fourth-order valence-electron chi connectivity index (χ4n) is 1.59. The molecule has 1 aliphatic heterocycles. The van der Waals surface area contributed by atoms with E-state index in [-0.39, 0.29) is 11.5 Å². The van der Waals surface area contributed by atoms with Gasteiger partial charge >= 0.3 is 0 Å². The van der Waals surface area contributed by atoms with Crippen LogP contribution in [0.15, 0.2) is 47.1 Å². The summed E-state index contributed by atoms with van der Waals surface area (Å²) in [5, 5.41) is 18.0. The van der Waals surface area contributed by atoms with Crippen molar-refractivity contribution in [2.45, 2.75) is 6.23 Å². The lowest BCUT2D eigenvalue weighted by Gasteiger charge is -2.28. The molecule has 88 valence electrons. The van der Waals surface area contributed by atoms with Gasteiger partial charge in [0.25, 0.3) is 5.91 Å². The molecule has 1 aromatic carbocycles. The van der Waals surface area contributed by atoms with Crippen LogP contribution in [0.5, 0.6) is 0 Å². The van der Waals surface area contributed by atoms with Gasteiger partial charge in [-0.05, 0) is 18.2 Å². The predicted octanol–water partition coefficient (Wildman–Crippen LogP) is 0.483. The van der Waals surface area contributed by atoms with Gasteiger partial charge in [0.1, 0.15) is 0 Å². The number of nitrogens with zero attached hydrogens (tertiary/aromatic N) is 2. The van der Waals surface area contributed by atoms with E-state index in [0.717, 1.165) is 5.69 Å². The quantitative estimate of drug-likeness (QED) is 0.778. The smallest absolute Gasteiger partial charge is 0.251 e. The Morgan fingerprint density at radius 3 is 2.76 bits per heavy atom. The van der Waals surface area contributed by atoms with Gasteiger partial charge in [0.05, 0.1) is 11.3 Å². The van der Waals surface area contributed by atoms with Crippen LogP contribution in [0.25, 0.3) is 0 Å². The van der Waals surface area contributed by atoms with Gasteiger partial charge in [-0.25, -0.2) is 5.01 Å². The van der Waals surface area contributed by atoms with Gasteiger partial charge in [0.15, 0.2) is 6.23 Å². The molecule has 5 heteroatoms. The molecule has 1 aromatic rings. The average Bonchev–Trinajstić information content (AvgIpc) is 2.39. The van der Waals surface area contributed by atoms with Crippen LogP contribution in [0.2, 0.25) is 0 Å². The molecule has 0 spiro atoms. The average molecular weight is 231 g/mol. The summed E-state index contributed by atoms with van der Waals surface area (Å²) in [6.45, 7) is 0. The maximum absolute atomic E-state index is 11.5. The molecule has 2 rings (SSSR count). The van der Waals surface area contributed by atoms with Crippen LogP contribution in [0, 0.1) is 0 Å². The summed E-state index contributed by atoms with van der Waals surface area (Å²) in [6.07, 6.45) is 1.93. The number of rotatable bonds is 2. The van der Waals surface area contributed by atoms with Crippen LogP contribution < -0.4 is 10.3 Å². The number of aliphatic hydroxyl groups is 1. The van der Waals surface area contributed by atoms with Gasteiger partial charge in [0, 0.05) is 13.3 Å². The molecular weight excluding hydrogens is 218 g/mol. The number of carbonyl (C=O) groups is 1. The molecule has 17 heavy (non-hydrogen) atoms. The van der Waals surface area contributed by atoms with Crippen LogP contribution in [-0.2, 0) is 4.79 Å². The van der Waals surface area contributed by atoms with Crippen molar-refractivity contribution in [1.82, 2.24) is 5.32 Å². The Kier molecular flexibility index (Phi) is 3.20. The second-order valence-electron chi connectivity index (χ2n) is 3.52. The Morgan fingerprint density at radius 1 is 1.41 bits per heavy atom. The van der Waals surface area contributed by atoms with Crippen molar-refractivity contribution >= 4 is 17.8 Å². The second-order valence-corrected chi connectivity index (χ2v) is 3.52. The first kappa shape index (κ1) is 11.3. The summed E-state index contributed by atoms with van der Waals surface area (Å²) >= 11 is 0. The van der Waals surface area contributed by atoms with E-state index in [1.54, 1.807) is 0 Å². The number of nitrogens with one attached hydrogen (secondary N) is 1. The Balaban J connectivity index is 2.27. The summed E-state index contributed by atoms with van der Waals surface area (Å²) in [5.41, 5.74) is 0.997. The molecule has 1 aliphatic rings. The number of amides is 1. The van der Waals surface area contributed by atoms with Gasteiger partial charge < -0.3 is 10.4 Å². The van der Waals surface area contributed by atoms with E-state index in [9.17, 15) is 9.90 Å². The highest BCUT2D eigenvalue weighted by Crippen LogP contribution is 2.21. The van der Waals surface area contributed by atoms with Gasteiger partial charge in [-0.15, -0.1) is 0 Å². The van der Waals surface area contributed by atoms with E-state index in [4.69, 9.17) is 0 Å². The first-order chi connectivity index (χ1) is 8.24. The minimum absolute atomic E-state index is 0.270. The van der Waals surface area contributed by atoms with Crippen molar-refractivity contribution in [3.63, 3.8) is 0 Å². The molecule has 1 amide bonds. The number of aliphatic hydroxyl groups excluding tert-OH is 1. The van der Waals surface area contributed by atoms with Crippen molar-refractivity contribution in [3.05, 3.63) is 42.0 Å². The van der Waals surface area contributed by atoms with E-state index in [2.05, 4.69) is 10.4 Å². The van der Waals surface area contributed by atoms with Crippen molar-refractivity contribution < 1.29 is 9.90 Å². The maximum atomic E-state index is 11.5. The zero-order chi connectivity index (χ0) is 12.3. The summed E-state index contributed by atoms with van der Waals surface area (Å²) in [7, 11) is 1.52. The van der Waals surface area contributed by atoms with Crippen molar-refractivity contribution in [2.24, 2.45) is 5.10 Å². The zero-order valence-corrected chi connectivity index (χ0v) is 9.37. The minimum atomic E-state index is -1.07. The fourth-order valence-corrected chi connectivity index (χ4v) is 1.59. The van der Waals surface area contributed by atoms with Gasteiger partial charge in [0.2, 0.25) is 0 Å². The largest absolute Gasteiger partial charge is 0.368 e. The van der Waals surface area contributed by atoms with E-state index < -0.39 is 6.23 Å². The minimum Gasteiger partial charge on any atom is -0.368 e. The summed E-state index contributed by atoms with van der Waals surface area (Å²) in [6, 6.07) is 9.19. The normalized spacial score (nSPS) is 18.8. The Hall–Kier alpha value is -2.14. The van der Waals surface area contributed by atoms with Crippen LogP contribution in [-0.4, -0.2) is 30.5 Å². The topological polar surface area (TPSA) is 64.9 Å². The molecule has 5 nitrogen and oxygen atoms in total. The fraction of sp³-hybridized carbons (Fsp3) is 0.167. The van der Waals surface area contributed by atoms with Crippen molar-refractivity contribution in [2.75, 3.05) is 12.1 Å². The van der Waals surface area contributed by atoms with E-state index >= 15 is 0 Å². The zero-order valence-electron chi connectivity index (χ0n) is 9.37. The molecule has 1 heterocycles. The third kappa shape index (κ3) is 2.19. The monoisotopic (exact) mass is 231 g/mol. The lowest BCUT2D eigenvalue weighted by Crippen LogP contribution is -2.40. The molecule has 2 N–H and O–H groups in total. The number of anilines is 1. The summed E-state index contributed by atoms with van der Waals surface area (Å²) in [4.78, 5) is 11.5.